The average Bonchev–Trinajstić information content (AvgIpc) is 2.49. The van der Waals surface area contributed by atoms with Crippen LogP contribution in [0, 0.1) is 18.3 Å². The third kappa shape index (κ3) is 10.5. The van der Waals surface area contributed by atoms with Crippen LogP contribution in [-0.4, -0.2) is 24.1 Å². The van der Waals surface area contributed by atoms with Crippen LogP contribution in [0.3, 0.4) is 0 Å². The van der Waals surface area contributed by atoms with Gasteiger partial charge in [-0.2, -0.15) is 18.4 Å². The number of hydrogen-bond acceptors (Lipinski definition) is 4. The van der Waals surface area contributed by atoms with E-state index in [9.17, 15) is 18.4 Å². The summed E-state index contributed by atoms with van der Waals surface area (Å²) in [5.74, 6) is 1.37. The van der Waals surface area contributed by atoms with Gasteiger partial charge in [0.1, 0.15) is 0 Å². The van der Waals surface area contributed by atoms with Crippen molar-refractivity contribution in [1.29, 1.82) is 5.26 Å². The fraction of sp³-hybridized carbons (Fsp3) is 0.237. The van der Waals surface area contributed by atoms with E-state index in [2.05, 4.69) is 220 Å². The van der Waals surface area contributed by atoms with Crippen LogP contribution in [0.2, 0.25) is 0 Å². The number of fused-ring (bicyclic) bond motifs is 6. The number of rotatable bonds is 7. The van der Waals surface area contributed by atoms with Gasteiger partial charge in [0.15, 0.2) is 17.5 Å². The number of aromatic nitrogens is 5. The number of nitriles is 1. The average molecular weight is 1120 g/mol. The molecular formula is C76H69F3N6. The quantitative estimate of drug-likeness (QED) is 0.159. The molecule has 0 atom stereocenters. The topological polar surface area (TPSA) is 72.3 Å². The van der Waals surface area contributed by atoms with E-state index in [0.29, 0.717) is 50.6 Å². The predicted octanol–water partition coefficient (Wildman–Crippen LogP) is 20.8. The van der Waals surface area contributed by atoms with Crippen LogP contribution in [0.4, 0.5) is 13.2 Å². The molecule has 0 unspecified atom stereocenters. The minimum Gasteiger partial charge on any atom is -0.309 e. The molecule has 6 nitrogen and oxygen atoms in total. The molecule has 0 aliphatic carbocycles. The number of para-hydroxylation sites is 2. The van der Waals surface area contributed by atoms with Gasteiger partial charge in [-0.15, -0.1) is 0 Å². The Kier molecular flexibility index (Phi) is 13.5. The maximum Gasteiger partial charge on any atom is 0.416 e. The number of aryl methyl sites for hydroxylation is 1. The molecule has 0 bridgehead atoms. The molecule has 12 rings (SSSR count). The van der Waals surface area contributed by atoms with Crippen molar-refractivity contribution in [3.8, 4) is 73.9 Å². The van der Waals surface area contributed by atoms with Crippen LogP contribution in [0.5, 0.6) is 0 Å². The van der Waals surface area contributed by atoms with Gasteiger partial charge < -0.3 is 9.13 Å². The Balaban J connectivity index is 1.23. The van der Waals surface area contributed by atoms with Crippen molar-refractivity contribution in [3.05, 3.63) is 221 Å². The van der Waals surface area contributed by atoms with Gasteiger partial charge in [0, 0.05) is 43.8 Å². The monoisotopic (exact) mass is 1120 g/mol. The highest BCUT2D eigenvalue weighted by atomic mass is 19.4. The Labute approximate surface area is 496 Å². The molecule has 0 spiro atoms. The normalized spacial score (nSPS) is 12.7. The summed E-state index contributed by atoms with van der Waals surface area (Å²) in [7, 11) is 0. The SMILES string of the molecule is Cc1ccc2c(c1)c1ccccc1n2-c1ccc(-c2cccc(C#N)c2)cc1-c1ccc(-n2c3ccccc3c3cc(C(F)(F)F)ccc32)c(-c2nc(-c3cc(C(C)(C)C)cc(C(C)(C)C)c3)nc(-c3cc(C(C)(C)C)cc(C(C)(C)C)c3)n2)c1. The van der Waals surface area contributed by atoms with Crippen molar-refractivity contribution < 1.29 is 13.2 Å². The van der Waals surface area contributed by atoms with E-state index in [0.717, 1.165) is 94.2 Å². The Morgan fingerprint density at radius 2 is 0.788 bits per heavy atom. The molecule has 9 heteroatoms. The van der Waals surface area contributed by atoms with Crippen LogP contribution in [0.15, 0.2) is 182 Å². The van der Waals surface area contributed by atoms with E-state index in [1.165, 1.54) is 12.1 Å². The zero-order valence-electron chi connectivity index (χ0n) is 50.6. The minimum atomic E-state index is -4.56. The first-order valence-corrected chi connectivity index (χ1v) is 29.1. The van der Waals surface area contributed by atoms with Crippen LogP contribution < -0.4 is 0 Å². The lowest BCUT2D eigenvalue weighted by atomic mass is 9.79. The fourth-order valence-electron chi connectivity index (χ4n) is 11.7. The summed E-state index contributed by atoms with van der Waals surface area (Å²) in [6, 6.07) is 62.9. The summed E-state index contributed by atoms with van der Waals surface area (Å²) in [6.45, 7) is 28.8. The molecule has 0 aliphatic heterocycles. The van der Waals surface area contributed by atoms with Gasteiger partial charge in [0.2, 0.25) is 0 Å². The molecule has 0 saturated heterocycles. The summed E-state index contributed by atoms with van der Waals surface area (Å²) in [4.78, 5) is 16.8. The van der Waals surface area contributed by atoms with Gasteiger partial charge in [0.25, 0.3) is 0 Å². The lowest BCUT2D eigenvalue weighted by molar-refractivity contribution is -0.137. The van der Waals surface area contributed by atoms with Crippen molar-refractivity contribution >= 4 is 43.6 Å². The first-order chi connectivity index (χ1) is 40.1. The van der Waals surface area contributed by atoms with E-state index in [4.69, 9.17) is 15.0 Å². The lowest BCUT2D eigenvalue weighted by Crippen LogP contribution is -2.17. The smallest absolute Gasteiger partial charge is 0.309 e. The standard InChI is InChI=1S/C76H69F3N6/c1-45-25-29-66-60(33-45)57-21-14-16-23-63(57)84(66)65-30-26-48(47-20-18-19-46(34-47)44-80)39-59(65)49-27-31-68(85-64-24-17-15-22-58(64)61-43-52(76(77,78)79)28-32-67(61)85)62(40-49)71-82-69(50-35-53(72(2,3)4)41-54(36-50)73(5,6)7)81-70(83-71)51-37-55(74(8,9)10)42-56(38-51)75(11,12)13/h14-43H,1-13H3. The van der Waals surface area contributed by atoms with Gasteiger partial charge in [-0.1, -0.05) is 168 Å². The Bertz CT molecular complexity index is 4550. The largest absolute Gasteiger partial charge is 0.416 e. The van der Waals surface area contributed by atoms with Gasteiger partial charge in [-0.3, -0.25) is 0 Å². The molecule has 3 heterocycles. The summed E-state index contributed by atoms with van der Waals surface area (Å²) in [5.41, 5.74) is 15.5. The van der Waals surface area contributed by atoms with E-state index in [1.807, 2.05) is 48.5 Å². The lowest BCUT2D eigenvalue weighted by Gasteiger charge is -2.26. The van der Waals surface area contributed by atoms with Crippen molar-refractivity contribution in [2.45, 2.75) is 118 Å². The molecule has 0 fully saturated rings. The maximum absolute atomic E-state index is 14.7. The molecule has 12 aromatic rings. The second-order valence-corrected chi connectivity index (χ2v) is 27.0. The van der Waals surface area contributed by atoms with Gasteiger partial charge in [-0.05, 0) is 171 Å². The molecule has 0 radical (unpaired) electrons. The number of nitrogens with zero attached hydrogens (tertiary/aromatic N) is 6. The molecule has 0 aliphatic rings. The second-order valence-electron chi connectivity index (χ2n) is 27.0. The van der Waals surface area contributed by atoms with Crippen LogP contribution >= 0.6 is 0 Å². The molecule has 0 N–H and O–H groups in total. The van der Waals surface area contributed by atoms with Gasteiger partial charge >= 0.3 is 6.18 Å². The van der Waals surface area contributed by atoms with Crippen LogP contribution in [-0.2, 0) is 27.8 Å². The summed E-state index contributed by atoms with van der Waals surface area (Å²) >= 11 is 0. The van der Waals surface area contributed by atoms with E-state index in [1.54, 1.807) is 6.07 Å². The van der Waals surface area contributed by atoms with Crippen molar-refractivity contribution in [2.75, 3.05) is 0 Å². The minimum absolute atomic E-state index is 0.223. The Morgan fingerprint density at radius 3 is 1.29 bits per heavy atom. The van der Waals surface area contributed by atoms with Crippen LogP contribution in [0.25, 0.3) is 111 Å². The molecule has 0 amide bonds. The Morgan fingerprint density at radius 1 is 0.353 bits per heavy atom. The Hall–Kier alpha value is -9.13. The predicted molar refractivity (Wildman–Crippen MR) is 345 cm³/mol. The molecule has 3 aromatic heterocycles. The van der Waals surface area contributed by atoms with E-state index in [-0.39, 0.29) is 21.7 Å². The summed E-state index contributed by atoms with van der Waals surface area (Å²) in [5, 5.41) is 13.5. The second kappa shape index (κ2) is 20.3. The third-order valence-electron chi connectivity index (χ3n) is 16.7. The number of hydrogen-bond donors (Lipinski definition) is 0. The number of benzene rings is 9. The van der Waals surface area contributed by atoms with Crippen molar-refractivity contribution in [1.82, 2.24) is 24.1 Å². The highest BCUT2D eigenvalue weighted by molar-refractivity contribution is 6.11. The highest BCUT2D eigenvalue weighted by Gasteiger charge is 2.32. The van der Waals surface area contributed by atoms with Crippen molar-refractivity contribution in [2.24, 2.45) is 0 Å². The molecule has 85 heavy (non-hydrogen) atoms. The van der Waals surface area contributed by atoms with Gasteiger partial charge in [0.05, 0.1) is 50.6 Å². The molecule has 424 valence electrons. The fourth-order valence-corrected chi connectivity index (χ4v) is 11.7. The summed E-state index contributed by atoms with van der Waals surface area (Å²) < 4.78 is 48.5. The van der Waals surface area contributed by atoms with Crippen molar-refractivity contribution in [3.63, 3.8) is 0 Å². The molecular weight excluding hydrogens is 1050 g/mol. The van der Waals surface area contributed by atoms with E-state index < -0.39 is 11.7 Å². The first-order valence-electron chi connectivity index (χ1n) is 29.1. The number of halogens is 3. The zero-order chi connectivity index (χ0) is 60.3. The first kappa shape index (κ1) is 56.4. The third-order valence-corrected chi connectivity index (χ3v) is 16.7. The highest BCUT2D eigenvalue weighted by Crippen LogP contribution is 2.45. The molecule has 9 aromatic carbocycles. The summed E-state index contributed by atoms with van der Waals surface area (Å²) in [6.07, 6.45) is -4.56. The number of alkyl halides is 3. The zero-order valence-corrected chi connectivity index (χ0v) is 50.6. The maximum atomic E-state index is 14.7. The van der Waals surface area contributed by atoms with Gasteiger partial charge in [-0.25, -0.2) is 15.0 Å². The molecule has 0 saturated carbocycles. The van der Waals surface area contributed by atoms with Crippen LogP contribution in [0.1, 0.15) is 122 Å². The van der Waals surface area contributed by atoms with E-state index >= 15 is 0 Å².